The number of rotatable bonds is 5. The quantitative estimate of drug-likeness (QED) is 0.667. The summed E-state index contributed by atoms with van der Waals surface area (Å²) in [6, 6.07) is 1.17. The topological polar surface area (TPSA) is 101 Å². The minimum atomic E-state index is -1.91. The molecule has 2 aliphatic rings. The minimum Gasteiger partial charge on any atom is -0.465 e. The van der Waals surface area contributed by atoms with E-state index in [9.17, 15) is 9.59 Å². The Balaban J connectivity index is 1.88. The van der Waals surface area contributed by atoms with E-state index in [2.05, 4.69) is 0 Å². The zero-order valence-corrected chi connectivity index (χ0v) is 17.2. The number of benzene rings is 1. The van der Waals surface area contributed by atoms with E-state index in [0.717, 1.165) is 19.3 Å². The van der Waals surface area contributed by atoms with Crippen LogP contribution in [0.4, 0.5) is 23.7 Å². The molecule has 1 atom stereocenters. The first-order chi connectivity index (χ1) is 14.7. The van der Waals surface area contributed by atoms with Gasteiger partial charge in [0, 0.05) is 42.6 Å². The van der Waals surface area contributed by atoms with Gasteiger partial charge < -0.3 is 25.6 Å². The molecule has 0 radical (unpaired) electrons. The normalized spacial score (nSPS) is 21.5. The van der Waals surface area contributed by atoms with Crippen LogP contribution < -0.4 is 21.5 Å². The van der Waals surface area contributed by atoms with Gasteiger partial charge in [-0.15, -0.1) is 0 Å². The van der Waals surface area contributed by atoms with Crippen LogP contribution in [0.2, 0.25) is 0 Å². The lowest BCUT2D eigenvalue weighted by molar-refractivity contribution is 0.163. The third-order valence-corrected chi connectivity index (χ3v) is 6.50. The van der Waals surface area contributed by atoms with Crippen molar-refractivity contribution in [2.45, 2.75) is 50.9 Å². The van der Waals surface area contributed by atoms with Crippen LogP contribution in [0.25, 0.3) is 10.9 Å². The van der Waals surface area contributed by atoms with Crippen LogP contribution in [0.5, 0.6) is 0 Å². The lowest BCUT2D eigenvalue weighted by Gasteiger charge is -2.32. The number of aromatic nitrogens is 1. The monoisotopic (exact) mass is 438 g/mol. The molecule has 1 aromatic heterocycles. The largest absolute Gasteiger partial charge is 0.465 e. The van der Waals surface area contributed by atoms with E-state index in [1.54, 1.807) is 6.92 Å². The van der Waals surface area contributed by atoms with E-state index in [4.69, 9.17) is 10.8 Å². The highest BCUT2D eigenvalue weighted by molar-refractivity contribution is 5.91. The number of carboxylic acid groups (broad SMARTS) is 1. The van der Waals surface area contributed by atoms with Crippen molar-refractivity contribution in [3.05, 3.63) is 39.2 Å². The number of nitrogens with one attached hydrogen (secondary N) is 1. The highest BCUT2D eigenvalue weighted by atomic mass is 19.2. The van der Waals surface area contributed by atoms with Gasteiger partial charge in [-0.1, -0.05) is 0 Å². The van der Waals surface area contributed by atoms with Crippen molar-refractivity contribution in [3.8, 4) is 0 Å². The summed E-state index contributed by atoms with van der Waals surface area (Å²) in [5, 5.41) is 10.8. The second-order valence-electron chi connectivity index (χ2n) is 8.47. The van der Waals surface area contributed by atoms with Crippen LogP contribution in [0.3, 0.4) is 0 Å². The molecule has 4 N–H and O–H groups in total. The average molecular weight is 438 g/mol. The molecule has 7 nitrogen and oxygen atoms in total. The number of aryl methyl sites for hydroxylation is 1. The van der Waals surface area contributed by atoms with Crippen molar-refractivity contribution in [2.24, 2.45) is 5.73 Å². The van der Waals surface area contributed by atoms with Crippen molar-refractivity contribution in [1.82, 2.24) is 9.88 Å². The SMILES string of the molecule is Cc1c(N2CCC(F)(CNC(=O)O)C2)c(F)c(F)c2c(CN)cc(=O)n(C3CCC3)c12. The number of halogens is 3. The molecule has 10 heteroatoms. The van der Waals surface area contributed by atoms with Gasteiger partial charge in [-0.05, 0) is 31.7 Å². The third-order valence-electron chi connectivity index (χ3n) is 6.50. The van der Waals surface area contributed by atoms with Crippen molar-refractivity contribution in [1.29, 1.82) is 0 Å². The Bertz CT molecular complexity index is 1120. The first kappa shape index (κ1) is 21.5. The molecule has 4 rings (SSSR count). The standard InChI is InChI=1S/C21H25F3N4O3/c1-11-18-15(12(8-25)7-14(29)28(18)13-3-2-4-13)16(22)17(23)19(11)27-6-5-21(24,10-27)9-26-20(30)31/h7,13,26H,2-6,8-10,25H2,1H3,(H,30,31). The second-order valence-corrected chi connectivity index (χ2v) is 8.47. The number of anilines is 1. The van der Waals surface area contributed by atoms with Crippen LogP contribution in [-0.2, 0) is 6.54 Å². The first-order valence-electron chi connectivity index (χ1n) is 10.3. The highest BCUT2D eigenvalue weighted by Gasteiger charge is 2.41. The number of hydrogen-bond acceptors (Lipinski definition) is 4. The van der Waals surface area contributed by atoms with Crippen molar-refractivity contribution >= 4 is 22.7 Å². The molecule has 1 saturated heterocycles. The molecule has 1 aliphatic heterocycles. The van der Waals surface area contributed by atoms with Crippen LogP contribution in [0.15, 0.2) is 10.9 Å². The number of amides is 1. The van der Waals surface area contributed by atoms with Gasteiger partial charge in [-0.2, -0.15) is 0 Å². The fourth-order valence-corrected chi connectivity index (χ4v) is 4.73. The zero-order valence-electron chi connectivity index (χ0n) is 17.2. The van der Waals surface area contributed by atoms with Gasteiger partial charge in [0.15, 0.2) is 11.6 Å². The first-order valence-corrected chi connectivity index (χ1v) is 10.3. The maximum atomic E-state index is 15.3. The van der Waals surface area contributed by atoms with Gasteiger partial charge in [0.2, 0.25) is 0 Å². The number of hydrogen-bond donors (Lipinski definition) is 3. The van der Waals surface area contributed by atoms with Gasteiger partial charge in [0.25, 0.3) is 5.56 Å². The Kier molecular flexibility index (Phi) is 5.36. The highest BCUT2D eigenvalue weighted by Crippen LogP contribution is 2.41. The predicted octanol–water partition coefficient (Wildman–Crippen LogP) is 2.96. The Morgan fingerprint density at radius 1 is 1.35 bits per heavy atom. The van der Waals surface area contributed by atoms with Gasteiger partial charge in [-0.3, -0.25) is 4.79 Å². The fraction of sp³-hybridized carbons (Fsp3) is 0.524. The molecule has 2 aromatic rings. The summed E-state index contributed by atoms with van der Waals surface area (Å²) in [5.41, 5.74) is 4.29. The summed E-state index contributed by atoms with van der Waals surface area (Å²) < 4.78 is 47.2. The second kappa shape index (κ2) is 7.74. The molecule has 0 spiro atoms. The summed E-state index contributed by atoms with van der Waals surface area (Å²) in [4.78, 5) is 25.0. The summed E-state index contributed by atoms with van der Waals surface area (Å²) >= 11 is 0. The number of carbonyl (C=O) groups is 1. The fourth-order valence-electron chi connectivity index (χ4n) is 4.73. The minimum absolute atomic E-state index is 0.00833. The molecular formula is C21H25F3N4O3. The Morgan fingerprint density at radius 3 is 2.65 bits per heavy atom. The Morgan fingerprint density at radius 2 is 2.06 bits per heavy atom. The number of fused-ring (bicyclic) bond motifs is 1. The molecule has 1 unspecified atom stereocenters. The van der Waals surface area contributed by atoms with Gasteiger partial charge in [0.1, 0.15) is 5.67 Å². The van der Waals surface area contributed by atoms with E-state index in [1.807, 2.05) is 5.32 Å². The predicted molar refractivity (Wildman–Crippen MR) is 110 cm³/mol. The molecular weight excluding hydrogens is 413 g/mol. The summed E-state index contributed by atoms with van der Waals surface area (Å²) in [5.74, 6) is -2.22. The molecule has 2 fully saturated rings. The number of alkyl halides is 1. The van der Waals surface area contributed by atoms with E-state index in [1.165, 1.54) is 15.5 Å². The smallest absolute Gasteiger partial charge is 0.404 e. The van der Waals surface area contributed by atoms with Crippen molar-refractivity contribution < 1.29 is 23.1 Å². The van der Waals surface area contributed by atoms with Crippen LogP contribution >= 0.6 is 0 Å². The van der Waals surface area contributed by atoms with E-state index in [-0.39, 0.29) is 54.3 Å². The van der Waals surface area contributed by atoms with Crippen molar-refractivity contribution in [3.63, 3.8) is 0 Å². The molecule has 1 aromatic carbocycles. The van der Waals surface area contributed by atoms with E-state index >= 15 is 13.2 Å². The molecule has 1 saturated carbocycles. The molecule has 1 amide bonds. The number of pyridine rings is 1. The third kappa shape index (κ3) is 3.52. The van der Waals surface area contributed by atoms with Crippen LogP contribution in [0.1, 0.15) is 42.9 Å². The van der Waals surface area contributed by atoms with Crippen molar-refractivity contribution in [2.75, 3.05) is 24.5 Å². The zero-order chi connectivity index (χ0) is 22.5. The van der Waals surface area contributed by atoms with E-state index < -0.39 is 29.9 Å². The van der Waals surface area contributed by atoms with E-state index in [0.29, 0.717) is 11.1 Å². The van der Waals surface area contributed by atoms with Gasteiger partial charge >= 0.3 is 6.09 Å². The Hall–Kier alpha value is -2.75. The summed E-state index contributed by atoms with van der Waals surface area (Å²) in [7, 11) is 0. The Labute approximate surface area is 176 Å². The maximum absolute atomic E-state index is 15.3. The number of nitrogens with two attached hydrogens (primary N) is 1. The summed E-state index contributed by atoms with van der Waals surface area (Å²) in [6.07, 6.45) is 1.09. The molecule has 168 valence electrons. The van der Waals surface area contributed by atoms with Gasteiger partial charge in [0.05, 0.1) is 24.3 Å². The molecule has 1 aliphatic carbocycles. The van der Waals surface area contributed by atoms with Crippen LogP contribution in [-0.4, -0.2) is 41.1 Å². The summed E-state index contributed by atoms with van der Waals surface area (Å²) in [6.45, 7) is 0.831. The number of nitrogens with zero attached hydrogens (tertiary/aromatic N) is 2. The average Bonchev–Trinajstić information content (AvgIpc) is 3.06. The maximum Gasteiger partial charge on any atom is 0.404 e. The lowest BCUT2D eigenvalue weighted by Crippen LogP contribution is -2.41. The molecule has 0 bridgehead atoms. The lowest BCUT2D eigenvalue weighted by atomic mass is 9.91. The molecule has 2 heterocycles. The van der Waals surface area contributed by atoms with Crippen LogP contribution in [0, 0.1) is 18.6 Å². The molecule has 31 heavy (non-hydrogen) atoms. The van der Waals surface area contributed by atoms with Gasteiger partial charge in [-0.25, -0.2) is 18.0 Å².